The van der Waals surface area contributed by atoms with E-state index < -0.39 is 0 Å². The monoisotopic (exact) mass is 294 g/mol. The van der Waals surface area contributed by atoms with E-state index in [1.807, 2.05) is 24.3 Å². The van der Waals surface area contributed by atoms with E-state index in [0.29, 0.717) is 17.5 Å². The van der Waals surface area contributed by atoms with Crippen LogP contribution < -0.4 is 0 Å². The molecule has 0 fully saturated rings. The summed E-state index contributed by atoms with van der Waals surface area (Å²) in [6.07, 6.45) is 2.50. The summed E-state index contributed by atoms with van der Waals surface area (Å²) < 4.78 is 5.76. The van der Waals surface area contributed by atoms with Gasteiger partial charge >= 0.3 is 0 Å². The number of aliphatic hydroxyl groups excluding tert-OH is 1. The molecule has 0 spiro atoms. The van der Waals surface area contributed by atoms with Crippen LogP contribution in [0.1, 0.15) is 19.2 Å². The van der Waals surface area contributed by atoms with Crippen LogP contribution in [0.2, 0.25) is 5.02 Å². The first kappa shape index (κ1) is 15.0. The van der Waals surface area contributed by atoms with Crippen LogP contribution in [0.25, 0.3) is 11.3 Å². The third-order valence-electron chi connectivity index (χ3n) is 3.12. The van der Waals surface area contributed by atoms with E-state index in [9.17, 15) is 0 Å². The molecule has 0 saturated heterocycles. The number of oxazole rings is 1. The molecule has 0 atom stereocenters. The van der Waals surface area contributed by atoms with Crippen LogP contribution in [0.5, 0.6) is 0 Å². The number of halogens is 1. The molecule has 0 amide bonds. The van der Waals surface area contributed by atoms with Gasteiger partial charge in [0.2, 0.25) is 5.89 Å². The van der Waals surface area contributed by atoms with Crippen molar-refractivity contribution in [3.8, 4) is 11.3 Å². The predicted octanol–water partition coefficient (Wildman–Crippen LogP) is 3.20. The molecular formula is C15H19ClN2O2. The zero-order valence-electron chi connectivity index (χ0n) is 11.6. The summed E-state index contributed by atoms with van der Waals surface area (Å²) in [6, 6.07) is 7.49. The van der Waals surface area contributed by atoms with E-state index in [4.69, 9.17) is 21.1 Å². The van der Waals surface area contributed by atoms with E-state index in [2.05, 4.69) is 16.8 Å². The molecule has 1 heterocycles. The van der Waals surface area contributed by atoms with Crippen molar-refractivity contribution in [3.63, 3.8) is 0 Å². The zero-order chi connectivity index (χ0) is 14.4. The minimum absolute atomic E-state index is 0.206. The van der Waals surface area contributed by atoms with Gasteiger partial charge in [-0.3, -0.25) is 4.90 Å². The second kappa shape index (κ2) is 7.43. The Morgan fingerprint density at radius 2 is 2.05 bits per heavy atom. The standard InChI is InChI=1S/C15H19ClN2O2/c1-2-18(8-3-9-19)11-15-17-10-14(20-15)12-4-6-13(16)7-5-12/h4-7,10,19H,2-3,8-9,11H2,1H3. The Morgan fingerprint density at radius 3 is 2.70 bits per heavy atom. The van der Waals surface area contributed by atoms with E-state index in [-0.39, 0.29) is 6.61 Å². The zero-order valence-corrected chi connectivity index (χ0v) is 12.3. The number of rotatable bonds is 7. The van der Waals surface area contributed by atoms with Gasteiger partial charge in [0.25, 0.3) is 0 Å². The quantitative estimate of drug-likeness (QED) is 0.852. The summed E-state index contributed by atoms with van der Waals surface area (Å²) in [5.74, 6) is 1.43. The third-order valence-corrected chi connectivity index (χ3v) is 3.37. The van der Waals surface area contributed by atoms with Crippen LogP contribution in [0.15, 0.2) is 34.9 Å². The fourth-order valence-electron chi connectivity index (χ4n) is 1.97. The second-order valence-corrected chi connectivity index (χ2v) is 5.01. The molecule has 0 saturated carbocycles. The maximum absolute atomic E-state index is 8.88. The van der Waals surface area contributed by atoms with Crippen molar-refractivity contribution in [2.45, 2.75) is 19.9 Å². The highest BCUT2D eigenvalue weighted by atomic mass is 35.5. The maximum Gasteiger partial charge on any atom is 0.209 e. The van der Waals surface area contributed by atoms with Crippen molar-refractivity contribution in [2.75, 3.05) is 19.7 Å². The van der Waals surface area contributed by atoms with Gasteiger partial charge in [0.1, 0.15) is 0 Å². The number of nitrogens with zero attached hydrogens (tertiary/aromatic N) is 2. The van der Waals surface area contributed by atoms with E-state index in [0.717, 1.165) is 30.8 Å². The first-order chi connectivity index (χ1) is 9.72. The summed E-state index contributed by atoms with van der Waals surface area (Å²) in [5, 5.41) is 9.58. The summed E-state index contributed by atoms with van der Waals surface area (Å²) in [6.45, 7) is 4.69. The second-order valence-electron chi connectivity index (χ2n) is 4.57. The minimum Gasteiger partial charge on any atom is -0.439 e. The summed E-state index contributed by atoms with van der Waals surface area (Å²) in [4.78, 5) is 6.50. The SMILES string of the molecule is CCN(CCCO)Cc1ncc(-c2ccc(Cl)cc2)o1. The average Bonchev–Trinajstić information content (AvgIpc) is 2.92. The van der Waals surface area contributed by atoms with Crippen molar-refractivity contribution >= 4 is 11.6 Å². The Hall–Kier alpha value is -1.36. The van der Waals surface area contributed by atoms with Gasteiger partial charge in [-0.05, 0) is 37.2 Å². The van der Waals surface area contributed by atoms with Gasteiger partial charge in [-0.1, -0.05) is 18.5 Å². The van der Waals surface area contributed by atoms with Gasteiger partial charge in [0, 0.05) is 23.7 Å². The third kappa shape index (κ3) is 4.07. The van der Waals surface area contributed by atoms with E-state index in [1.54, 1.807) is 6.20 Å². The molecule has 1 N–H and O–H groups in total. The Kier molecular flexibility index (Phi) is 5.59. The van der Waals surface area contributed by atoms with Gasteiger partial charge in [-0.15, -0.1) is 0 Å². The minimum atomic E-state index is 0.206. The van der Waals surface area contributed by atoms with Crippen molar-refractivity contribution in [1.82, 2.24) is 9.88 Å². The maximum atomic E-state index is 8.88. The highest BCUT2D eigenvalue weighted by Gasteiger charge is 2.10. The molecule has 0 unspecified atom stereocenters. The molecule has 1 aromatic heterocycles. The molecule has 20 heavy (non-hydrogen) atoms. The lowest BCUT2D eigenvalue weighted by Gasteiger charge is -2.17. The molecule has 4 nitrogen and oxygen atoms in total. The highest BCUT2D eigenvalue weighted by molar-refractivity contribution is 6.30. The molecular weight excluding hydrogens is 276 g/mol. The van der Waals surface area contributed by atoms with Crippen molar-refractivity contribution < 1.29 is 9.52 Å². The average molecular weight is 295 g/mol. The van der Waals surface area contributed by atoms with Crippen LogP contribution in [-0.2, 0) is 6.54 Å². The molecule has 5 heteroatoms. The Labute approximate surface area is 124 Å². The van der Waals surface area contributed by atoms with Gasteiger partial charge in [0.05, 0.1) is 12.7 Å². The number of aliphatic hydroxyl groups is 1. The number of benzene rings is 1. The topological polar surface area (TPSA) is 49.5 Å². The summed E-state index contributed by atoms with van der Waals surface area (Å²) in [5.41, 5.74) is 0.964. The molecule has 2 rings (SSSR count). The molecule has 1 aromatic carbocycles. The summed E-state index contributed by atoms with van der Waals surface area (Å²) in [7, 11) is 0. The van der Waals surface area contributed by atoms with Crippen molar-refractivity contribution in [2.24, 2.45) is 0 Å². The normalized spacial score (nSPS) is 11.2. The first-order valence-corrected chi connectivity index (χ1v) is 7.14. The van der Waals surface area contributed by atoms with E-state index in [1.165, 1.54) is 0 Å². The molecule has 0 bridgehead atoms. The Morgan fingerprint density at radius 1 is 1.30 bits per heavy atom. The molecule has 0 aliphatic carbocycles. The lowest BCUT2D eigenvalue weighted by molar-refractivity contribution is 0.212. The fraction of sp³-hybridized carbons (Fsp3) is 0.400. The number of hydrogen-bond donors (Lipinski definition) is 1. The smallest absolute Gasteiger partial charge is 0.209 e. The molecule has 2 aromatic rings. The summed E-state index contributed by atoms with van der Waals surface area (Å²) >= 11 is 5.87. The lowest BCUT2D eigenvalue weighted by atomic mass is 10.2. The van der Waals surface area contributed by atoms with Crippen LogP contribution in [0.4, 0.5) is 0 Å². The molecule has 0 aliphatic heterocycles. The van der Waals surface area contributed by atoms with Gasteiger partial charge < -0.3 is 9.52 Å². The fourth-order valence-corrected chi connectivity index (χ4v) is 2.09. The highest BCUT2D eigenvalue weighted by Crippen LogP contribution is 2.22. The van der Waals surface area contributed by atoms with Gasteiger partial charge in [-0.2, -0.15) is 0 Å². The van der Waals surface area contributed by atoms with Gasteiger partial charge in [-0.25, -0.2) is 4.98 Å². The largest absolute Gasteiger partial charge is 0.439 e. The molecule has 0 radical (unpaired) electrons. The van der Waals surface area contributed by atoms with Crippen LogP contribution in [0, 0.1) is 0 Å². The van der Waals surface area contributed by atoms with Crippen molar-refractivity contribution in [3.05, 3.63) is 41.4 Å². The first-order valence-electron chi connectivity index (χ1n) is 6.76. The van der Waals surface area contributed by atoms with Crippen molar-refractivity contribution in [1.29, 1.82) is 0 Å². The van der Waals surface area contributed by atoms with Gasteiger partial charge in [0.15, 0.2) is 5.76 Å². The lowest BCUT2D eigenvalue weighted by Crippen LogP contribution is -2.24. The molecule has 108 valence electrons. The molecule has 0 aliphatic rings. The number of hydrogen-bond acceptors (Lipinski definition) is 4. The Bertz CT molecular complexity index is 525. The Balaban J connectivity index is 2.02. The van der Waals surface area contributed by atoms with Crippen LogP contribution >= 0.6 is 11.6 Å². The van der Waals surface area contributed by atoms with E-state index >= 15 is 0 Å². The predicted molar refractivity (Wildman–Crippen MR) is 79.6 cm³/mol. The van der Waals surface area contributed by atoms with Crippen LogP contribution in [0.3, 0.4) is 0 Å². The number of aromatic nitrogens is 1. The van der Waals surface area contributed by atoms with Crippen LogP contribution in [-0.4, -0.2) is 34.7 Å².